The molecule has 0 spiro atoms. The van der Waals surface area contributed by atoms with E-state index in [0.29, 0.717) is 0 Å². The van der Waals surface area contributed by atoms with Crippen molar-refractivity contribution in [3.8, 4) is 0 Å². The Labute approximate surface area is 177 Å². The van der Waals surface area contributed by atoms with Crippen LogP contribution in [-0.4, -0.2) is 23.6 Å². The van der Waals surface area contributed by atoms with Gasteiger partial charge in [-0.3, -0.25) is 9.59 Å². The lowest BCUT2D eigenvalue weighted by Crippen LogP contribution is -2.17. The van der Waals surface area contributed by atoms with Gasteiger partial charge < -0.3 is 10.6 Å². The van der Waals surface area contributed by atoms with Crippen LogP contribution >= 0.6 is 25.3 Å². The molecule has 1 aromatic carbocycles. The van der Waals surface area contributed by atoms with Crippen LogP contribution < -0.4 is 10.6 Å². The summed E-state index contributed by atoms with van der Waals surface area (Å²) in [6.45, 7) is 7.94. The first-order valence-electron chi connectivity index (χ1n) is 9.89. The molecule has 1 aromatic rings. The van der Waals surface area contributed by atoms with Gasteiger partial charge in [0.05, 0.1) is 0 Å². The highest BCUT2D eigenvalue weighted by Gasteiger charge is 1.90. The number of hydrogen-bond donors (Lipinski definition) is 4. The zero-order chi connectivity index (χ0) is 20.8. The minimum atomic E-state index is -0.225. The molecule has 0 aromatic heterocycles. The molecule has 0 aliphatic heterocycles. The Kier molecular flexibility index (Phi) is 23.8. The third-order valence-corrected chi connectivity index (χ3v) is 3.87. The van der Waals surface area contributed by atoms with Gasteiger partial charge in [0.1, 0.15) is 0 Å². The van der Waals surface area contributed by atoms with Crippen LogP contribution in [0.5, 0.6) is 0 Å². The Bertz CT molecular complexity index is 433. The summed E-state index contributed by atoms with van der Waals surface area (Å²) in [5.74, 6) is 0. The fourth-order valence-electron chi connectivity index (χ4n) is 2.03. The van der Waals surface area contributed by atoms with E-state index in [1.54, 1.807) is 0 Å². The Hall–Kier alpha value is -1.14. The van der Waals surface area contributed by atoms with Crippen LogP contribution in [0.3, 0.4) is 0 Å². The van der Waals surface area contributed by atoms with Crippen LogP contribution in [0, 0.1) is 6.92 Å². The lowest BCUT2D eigenvalue weighted by molar-refractivity contribution is 0.260. The van der Waals surface area contributed by atoms with E-state index in [1.165, 1.54) is 44.1 Å². The van der Waals surface area contributed by atoms with Crippen molar-refractivity contribution < 1.29 is 9.59 Å². The van der Waals surface area contributed by atoms with Crippen molar-refractivity contribution in [2.45, 2.75) is 72.1 Å². The average Bonchev–Trinajstić information content (AvgIpc) is 2.63. The first-order chi connectivity index (χ1) is 12.9. The van der Waals surface area contributed by atoms with Gasteiger partial charge in [-0.1, -0.05) is 114 Å². The van der Waals surface area contributed by atoms with Gasteiger partial charge in [0, 0.05) is 13.1 Å². The molecular weight excluding hydrogens is 376 g/mol. The van der Waals surface area contributed by atoms with Crippen molar-refractivity contribution in [2.24, 2.45) is 0 Å². The Morgan fingerprint density at radius 3 is 1.41 bits per heavy atom. The molecule has 0 saturated heterocycles. The number of thiol groups is 2. The summed E-state index contributed by atoms with van der Waals surface area (Å²) in [5.41, 5.74) is 1.32. The number of benzene rings is 1. The number of hydrogen-bond acceptors (Lipinski definition) is 2. The lowest BCUT2D eigenvalue weighted by atomic mass is 10.2. The van der Waals surface area contributed by atoms with E-state index in [9.17, 15) is 9.59 Å². The largest absolute Gasteiger partial charge is 0.347 e. The molecule has 0 unspecified atom stereocenters. The van der Waals surface area contributed by atoms with E-state index in [4.69, 9.17) is 0 Å². The van der Waals surface area contributed by atoms with Gasteiger partial charge in [-0.2, -0.15) is 0 Å². The molecule has 0 fully saturated rings. The zero-order valence-corrected chi connectivity index (χ0v) is 19.0. The highest BCUT2D eigenvalue weighted by molar-refractivity contribution is 7.96. The maximum Gasteiger partial charge on any atom is 0.275 e. The van der Waals surface area contributed by atoms with E-state index >= 15 is 0 Å². The number of carbonyl (C=O) groups excluding carboxylic acids is 2. The summed E-state index contributed by atoms with van der Waals surface area (Å²) in [4.78, 5) is 20.5. The van der Waals surface area contributed by atoms with Gasteiger partial charge in [-0.05, 0) is 19.8 Å². The molecule has 0 radical (unpaired) electrons. The molecule has 0 bridgehead atoms. The molecule has 2 amide bonds. The summed E-state index contributed by atoms with van der Waals surface area (Å²) in [5, 5.41) is 4.81. The highest BCUT2D eigenvalue weighted by atomic mass is 32.1. The average molecular weight is 415 g/mol. The second-order valence-corrected chi connectivity index (χ2v) is 7.05. The predicted octanol–water partition coefficient (Wildman–Crippen LogP) is 6.41. The number of amides is 2. The maximum absolute atomic E-state index is 10.2. The molecule has 1 rings (SSSR count). The van der Waals surface area contributed by atoms with Crippen molar-refractivity contribution in [3.63, 3.8) is 0 Å². The van der Waals surface area contributed by atoms with Crippen molar-refractivity contribution in [2.75, 3.05) is 13.1 Å². The molecule has 0 heterocycles. The van der Waals surface area contributed by atoms with Crippen LogP contribution in [0.15, 0.2) is 30.3 Å². The first-order valence-corrected chi connectivity index (χ1v) is 10.8. The summed E-state index contributed by atoms with van der Waals surface area (Å²) in [6, 6.07) is 10.3. The monoisotopic (exact) mass is 414 g/mol. The number of aryl methyl sites for hydroxylation is 1. The molecule has 4 nitrogen and oxygen atoms in total. The zero-order valence-electron chi connectivity index (χ0n) is 17.2. The van der Waals surface area contributed by atoms with Crippen LogP contribution in [0.4, 0.5) is 9.59 Å². The quantitative estimate of drug-likeness (QED) is 0.264. The van der Waals surface area contributed by atoms with Gasteiger partial charge in [-0.15, -0.1) is 0 Å². The smallest absolute Gasteiger partial charge is 0.275 e. The summed E-state index contributed by atoms with van der Waals surface area (Å²) in [7, 11) is 0. The normalized spacial score (nSPS) is 9.22. The highest BCUT2D eigenvalue weighted by Crippen LogP contribution is 1.97. The van der Waals surface area contributed by atoms with Crippen molar-refractivity contribution in [1.82, 2.24) is 10.6 Å². The van der Waals surface area contributed by atoms with E-state index in [0.717, 1.165) is 25.9 Å². The molecular formula is C21H38N2O2S2. The number of unbranched alkanes of at least 4 members (excludes halogenated alkanes) is 6. The molecule has 0 atom stereocenters. The second-order valence-electron chi connectivity index (χ2n) is 6.24. The Balaban J connectivity index is 0. The van der Waals surface area contributed by atoms with Crippen LogP contribution in [0.2, 0.25) is 0 Å². The van der Waals surface area contributed by atoms with Crippen molar-refractivity contribution >= 4 is 35.7 Å². The van der Waals surface area contributed by atoms with Crippen LogP contribution in [0.25, 0.3) is 0 Å². The maximum atomic E-state index is 10.2. The number of carbonyl (C=O) groups is 2. The van der Waals surface area contributed by atoms with Gasteiger partial charge in [0.15, 0.2) is 0 Å². The van der Waals surface area contributed by atoms with Crippen molar-refractivity contribution in [1.29, 1.82) is 0 Å². The van der Waals surface area contributed by atoms with E-state index in [1.807, 2.05) is 18.2 Å². The van der Waals surface area contributed by atoms with Gasteiger partial charge in [0.2, 0.25) is 0 Å². The Morgan fingerprint density at radius 2 is 1.15 bits per heavy atom. The SMILES string of the molecule is CCCCCCNC(=O)S.CCCCCCNC(=O)S.Cc1ccccc1. The summed E-state index contributed by atoms with van der Waals surface area (Å²) >= 11 is 7.15. The van der Waals surface area contributed by atoms with E-state index in [2.05, 4.69) is 68.8 Å². The summed E-state index contributed by atoms with van der Waals surface area (Å²) < 4.78 is 0. The molecule has 0 saturated carbocycles. The van der Waals surface area contributed by atoms with Crippen LogP contribution in [0.1, 0.15) is 70.8 Å². The lowest BCUT2D eigenvalue weighted by Gasteiger charge is -1.98. The molecule has 27 heavy (non-hydrogen) atoms. The molecule has 156 valence electrons. The number of rotatable bonds is 10. The first kappa shape index (κ1) is 28.1. The molecule has 2 N–H and O–H groups in total. The predicted molar refractivity (Wildman–Crippen MR) is 124 cm³/mol. The minimum absolute atomic E-state index is 0.225. The topological polar surface area (TPSA) is 58.2 Å². The van der Waals surface area contributed by atoms with E-state index in [-0.39, 0.29) is 10.5 Å². The minimum Gasteiger partial charge on any atom is -0.347 e. The fourth-order valence-corrected chi connectivity index (χ4v) is 2.25. The second kappa shape index (κ2) is 22.9. The van der Waals surface area contributed by atoms with Crippen molar-refractivity contribution in [3.05, 3.63) is 35.9 Å². The molecule has 0 aliphatic carbocycles. The Morgan fingerprint density at radius 1 is 0.741 bits per heavy atom. The van der Waals surface area contributed by atoms with Gasteiger partial charge in [-0.25, -0.2) is 0 Å². The third-order valence-electron chi connectivity index (χ3n) is 3.55. The standard InChI is InChI=1S/2C7H15NOS.C7H8/c2*1-2-3-4-5-6-8-7(9)10;1-7-5-3-2-4-6-7/h2*2-6H2,1H3,(H2,8,9,10);2-6H,1H3. The van der Waals surface area contributed by atoms with Gasteiger partial charge in [0.25, 0.3) is 10.5 Å². The van der Waals surface area contributed by atoms with Gasteiger partial charge >= 0.3 is 0 Å². The summed E-state index contributed by atoms with van der Waals surface area (Å²) in [6.07, 6.45) is 9.50. The van der Waals surface area contributed by atoms with E-state index < -0.39 is 0 Å². The molecule has 6 heteroatoms. The number of nitrogens with one attached hydrogen (secondary N) is 2. The molecule has 0 aliphatic rings. The fraction of sp³-hybridized carbons (Fsp3) is 0.619. The third kappa shape index (κ3) is 29.9. The van der Waals surface area contributed by atoms with Crippen LogP contribution in [-0.2, 0) is 0 Å².